The zero-order valence-corrected chi connectivity index (χ0v) is 14.4. The molecule has 1 N–H and O–H groups in total. The summed E-state index contributed by atoms with van der Waals surface area (Å²) in [5.41, 5.74) is 2.44. The van der Waals surface area contributed by atoms with E-state index in [1.54, 1.807) is 0 Å². The number of benzene rings is 1. The smallest absolute Gasteiger partial charge is 0.400 e. The molecule has 1 fully saturated rings. The van der Waals surface area contributed by atoms with Crippen LogP contribution in [0, 0.1) is 0 Å². The molecule has 0 amide bonds. The van der Waals surface area contributed by atoms with Crippen molar-refractivity contribution in [2.45, 2.75) is 52.7 Å². The first-order valence-electron chi connectivity index (χ1n) is 7.78. The van der Waals surface area contributed by atoms with Gasteiger partial charge >= 0.3 is 7.12 Å². The van der Waals surface area contributed by atoms with E-state index in [4.69, 9.17) is 9.31 Å². The Kier molecular flexibility index (Phi) is 4.83. The van der Waals surface area contributed by atoms with Crippen molar-refractivity contribution < 1.29 is 9.31 Å². The van der Waals surface area contributed by atoms with E-state index in [2.05, 4.69) is 33.0 Å². The van der Waals surface area contributed by atoms with Crippen molar-refractivity contribution in [1.82, 2.24) is 0 Å². The van der Waals surface area contributed by atoms with Crippen LogP contribution >= 0.6 is 0 Å². The summed E-state index contributed by atoms with van der Waals surface area (Å²) < 4.78 is 12.3. The summed E-state index contributed by atoms with van der Waals surface area (Å²) in [4.78, 5) is 0. The van der Waals surface area contributed by atoms with Crippen molar-refractivity contribution in [3.8, 4) is 0 Å². The molecule has 0 bridgehead atoms. The highest BCUT2D eigenvalue weighted by atomic mass is 16.7. The van der Waals surface area contributed by atoms with Crippen LogP contribution in [0.5, 0.6) is 0 Å². The van der Waals surface area contributed by atoms with Crippen LogP contribution in [0.3, 0.4) is 0 Å². The van der Waals surface area contributed by atoms with E-state index in [1.807, 2.05) is 56.3 Å². The number of hydrogen-bond acceptors (Lipinski definition) is 3. The first-order chi connectivity index (χ1) is 10.3. The summed E-state index contributed by atoms with van der Waals surface area (Å²) in [5.74, 6) is 0. The van der Waals surface area contributed by atoms with Crippen LogP contribution < -0.4 is 5.32 Å². The van der Waals surface area contributed by atoms with E-state index < -0.39 is 0 Å². The third-order valence-corrected chi connectivity index (χ3v) is 4.42. The fraction of sp³-hybridized carbons (Fsp3) is 0.444. The standard InChI is InChI=1S/C18H26BNO2/c1-7-11-16(20-15-12-9-8-10-13-15)14(2)19-21-17(3,4)18(5,6)22-19/h7-13,20H,1-6H3/b11-7-,16-14+. The number of anilines is 1. The Morgan fingerprint density at radius 3 is 2.09 bits per heavy atom. The number of rotatable bonds is 4. The monoisotopic (exact) mass is 299 g/mol. The first-order valence-corrected chi connectivity index (χ1v) is 7.78. The molecule has 0 aliphatic carbocycles. The van der Waals surface area contributed by atoms with Gasteiger partial charge in [-0.05, 0) is 65.2 Å². The quantitative estimate of drug-likeness (QED) is 0.652. The molecule has 2 rings (SSSR count). The summed E-state index contributed by atoms with van der Waals surface area (Å²) >= 11 is 0. The molecule has 22 heavy (non-hydrogen) atoms. The largest absolute Gasteiger partial charge is 0.492 e. The van der Waals surface area contributed by atoms with Gasteiger partial charge in [0.05, 0.1) is 11.2 Å². The van der Waals surface area contributed by atoms with Gasteiger partial charge in [-0.2, -0.15) is 0 Å². The second-order valence-corrected chi connectivity index (χ2v) is 6.68. The Labute approximate surface area is 134 Å². The van der Waals surface area contributed by atoms with Crippen LogP contribution in [0.2, 0.25) is 0 Å². The molecule has 0 atom stereocenters. The fourth-order valence-electron chi connectivity index (χ4n) is 2.26. The Balaban J connectivity index is 2.28. The Morgan fingerprint density at radius 2 is 1.59 bits per heavy atom. The van der Waals surface area contributed by atoms with Crippen LogP contribution in [-0.2, 0) is 9.31 Å². The van der Waals surface area contributed by atoms with E-state index >= 15 is 0 Å². The van der Waals surface area contributed by atoms with Crippen LogP contribution in [0.25, 0.3) is 0 Å². The van der Waals surface area contributed by atoms with Gasteiger partial charge < -0.3 is 14.6 Å². The highest BCUT2D eigenvalue weighted by molar-refractivity contribution is 6.54. The normalized spacial score (nSPS) is 21.1. The predicted octanol–water partition coefficient (Wildman–Crippen LogP) is 4.58. The average molecular weight is 299 g/mol. The topological polar surface area (TPSA) is 30.5 Å². The van der Waals surface area contributed by atoms with Gasteiger partial charge in [0.25, 0.3) is 0 Å². The Hall–Kier alpha value is -1.52. The SMILES string of the molecule is C/C=C\C(Nc1ccccc1)=C(\C)B1OC(C)(C)C(C)(C)O1. The van der Waals surface area contributed by atoms with Crippen LogP contribution in [-0.4, -0.2) is 18.3 Å². The van der Waals surface area contributed by atoms with Gasteiger partial charge in [0.15, 0.2) is 0 Å². The molecule has 0 aromatic heterocycles. The molecule has 0 spiro atoms. The predicted molar refractivity (Wildman–Crippen MR) is 93.7 cm³/mol. The lowest BCUT2D eigenvalue weighted by atomic mass is 9.78. The molecule has 4 heteroatoms. The average Bonchev–Trinajstić information content (AvgIpc) is 2.67. The van der Waals surface area contributed by atoms with Crippen molar-refractivity contribution in [2.24, 2.45) is 0 Å². The molecule has 118 valence electrons. The zero-order chi connectivity index (χ0) is 16.4. The van der Waals surface area contributed by atoms with E-state index in [0.29, 0.717) is 0 Å². The minimum atomic E-state index is -0.340. The lowest BCUT2D eigenvalue weighted by molar-refractivity contribution is 0.00578. The number of para-hydroxylation sites is 1. The van der Waals surface area contributed by atoms with Gasteiger partial charge in [0, 0.05) is 11.4 Å². The molecular formula is C18H26BNO2. The van der Waals surface area contributed by atoms with E-state index in [1.165, 1.54) is 0 Å². The summed E-state index contributed by atoms with van der Waals surface area (Å²) in [6.45, 7) is 12.3. The zero-order valence-electron chi connectivity index (χ0n) is 14.4. The van der Waals surface area contributed by atoms with Crippen LogP contribution in [0.15, 0.2) is 53.7 Å². The molecule has 3 nitrogen and oxygen atoms in total. The first kappa shape index (κ1) is 16.8. The minimum Gasteiger partial charge on any atom is -0.400 e. The lowest BCUT2D eigenvalue weighted by Crippen LogP contribution is -2.41. The van der Waals surface area contributed by atoms with Gasteiger partial charge in [-0.15, -0.1) is 0 Å². The molecule has 1 aliphatic heterocycles. The van der Waals surface area contributed by atoms with E-state index in [0.717, 1.165) is 16.9 Å². The minimum absolute atomic E-state index is 0.327. The van der Waals surface area contributed by atoms with Crippen LogP contribution in [0.1, 0.15) is 41.5 Å². The molecule has 1 heterocycles. The summed E-state index contributed by atoms with van der Waals surface area (Å²) in [6, 6.07) is 10.1. The summed E-state index contributed by atoms with van der Waals surface area (Å²) in [5, 5.41) is 3.44. The van der Waals surface area contributed by atoms with Crippen LogP contribution in [0.4, 0.5) is 5.69 Å². The van der Waals surface area contributed by atoms with Crippen molar-refractivity contribution in [2.75, 3.05) is 5.32 Å². The molecular weight excluding hydrogens is 273 g/mol. The molecule has 1 aliphatic rings. The summed E-state index contributed by atoms with van der Waals surface area (Å²) in [7, 11) is -0.340. The Bertz CT molecular complexity index is 560. The molecule has 0 unspecified atom stereocenters. The highest BCUT2D eigenvalue weighted by Crippen LogP contribution is 2.39. The molecule has 1 saturated heterocycles. The number of allylic oxidation sites excluding steroid dienone is 3. The number of hydrogen-bond donors (Lipinski definition) is 1. The second-order valence-electron chi connectivity index (χ2n) is 6.68. The molecule has 1 aromatic carbocycles. The van der Waals surface area contributed by atoms with Gasteiger partial charge in [0.2, 0.25) is 0 Å². The van der Waals surface area contributed by atoms with Gasteiger partial charge in [-0.1, -0.05) is 24.3 Å². The molecule has 0 radical (unpaired) electrons. The van der Waals surface area contributed by atoms with Gasteiger partial charge in [-0.25, -0.2) is 0 Å². The lowest BCUT2D eigenvalue weighted by Gasteiger charge is -2.32. The van der Waals surface area contributed by atoms with Crippen molar-refractivity contribution >= 4 is 12.8 Å². The maximum atomic E-state index is 6.14. The molecule has 0 saturated carbocycles. The van der Waals surface area contributed by atoms with Crippen molar-refractivity contribution in [3.63, 3.8) is 0 Å². The van der Waals surface area contributed by atoms with Gasteiger partial charge in [0.1, 0.15) is 0 Å². The third-order valence-electron chi connectivity index (χ3n) is 4.42. The number of nitrogens with one attached hydrogen (secondary N) is 1. The maximum absolute atomic E-state index is 6.14. The van der Waals surface area contributed by atoms with E-state index in [9.17, 15) is 0 Å². The second kappa shape index (κ2) is 6.31. The van der Waals surface area contributed by atoms with Gasteiger partial charge in [-0.3, -0.25) is 0 Å². The fourth-order valence-corrected chi connectivity index (χ4v) is 2.26. The highest BCUT2D eigenvalue weighted by Gasteiger charge is 2.52. The summed E-state index contributed by atoms with van der Waals surface area (Å²) in [6.07, 6.45) is 4.06. The van der Waals surface area contributed by atoms with E-state index in [-0.39, 0.29) is 18.3 Å². The van der Waals surface area contributed by atoms with Crippen molar-refractivity contribution in [3.05, 3.63) is 53.7 Å². The Morgan fingerprint density at radius 1 is 1.05 bits per heavy atom. The third kappa shape index (κ3) is 3.45. The molecule has 1 aromatic rings. The van der Waals surface area contributed by atoms with Crippen molar-refractivity contribution in [1.29, 1.82) is 0 Å². The maximum Gasteiger partial charge on any atom is 0.492 e.